The van der Waals surface area contributed by atoms with E-state index in [0.29, 0.717) is 0 Å². The summed E-state index contributed by atoms with van der Waals surface area (Å²) in [5, 5.41) is 8.97. The molecule has 6 nitrogen and oxygen atoms in total. The highest BCUT2D eigenvalue weighted by Gasteiger charge is 2.17. The summed E-state index contributed by atoms with van der Waals surface area (Å²) in [5.74, 6) is -0.116. The van der Waals surface area contributed by atoms with Crippen LogP contribution in [0.1, 0.15) is 38.9 Å². The second-order valence-electron chi connectivity index (χ2n) is 4.11. The van der Waals surface area contributed by atoms with Crippen molar-refractivity contribution in [2.45, 2.75) is 26.8 Å². The second-order valence-corrected chi connectivity index (χ2v) is 5.57. The van der Waals surface area contributed by atoms with Crippen molar-refractivity contribution in [3.05, 3.63) is 27.2 Å². The Bertz CT molecular complexity index is 574. The molecular formula is C11H15N5OS. The monoisotopic (exact) mass is 265 g/mol. The first kappa shape index (κ1) is 12.6. The van der Waals surface area contributed by atoms with Crippen LogP contribution in [0.15, 0.2) is 6.07 Å². The first-order chi connectivity index (χ1) is 8.47. The van der Waals surface area contributed by atoms with Crippen LogP contribution in [-0.2, 0) is 0 Å². The number of aryl methyl sites for hydroxylation is 2. The molecule has 1 unspecified atom stereocenters. The standard InChI is InChI=1S/C11H15N5OS/c1-5-4-8(7(3)18-5)6(2)13-10(17)9-14-11(12)16-15-9/h4,6H,1-3H3,(H,13,17)(H3,12,14,15,16). The van der Waals surface area contributed by atoms with Crippen LogP contribution in [0, 0.1) is 13.8 Å². The van der Waals surface area contributed by atoms with E-state index in [-0.39, 0.29) is 23.7 Å². The number of amides is 1. The molecular weight excluding hydrogens is 250 g/mol. The summed E-state index contributed by atoms with van der Waals surface area (Å²) in [7, 11) is 0. The normalized spacial score (nSPS) is 12.4. The van der Waals surface area contributed by atoms with Gasteiger partial charge in [0, 0.05) is 9.75 Å². The highest BCUT2D eigenvalue weighted by atomic mass is 32.1. The summed E-state index contributed by atoms with van der Waals surface area (Å²) in [6, 6.07) is 2.01. The van der Waals surface area contributed by atoms with Crippen LogP contribution in [-0.4, -0.2) is 21.1 Å². The molecule has 18 heavy (non-hydrogen) atoms. The Morgan fingerprint density at radius 1 is 1.56 bits per heavy atom. The third kappa shape index (κ3) is 2.51. The summed E-state index contributed by atoms with van der Waals surface area (Å²) in [4.78, 5) is 18.1. The topological polar surface area (TPSA) is 96.7 Å². The fraction of sp³-hybridized carbons (Fsp3) is 0.364. The summed E-state index contributed by atoms with van der Waals surface area (Å²) in [5.41, 5.74) is 6.48. The lowest BCUT2D eigenvalue weighted by molar-refractivity contribution is 0.0930. The summed E-state index contributed by atoms with van der Waals surface area (Å²) < 4.78 is 0. The average molecular weight is 265 g/mol. The molecule has 0 aliphatic rings. The molecule has 2 rings (SSSR count). The third-order valence-electron chi connectivity index (χ3n) is 2.61. The van der Waals surface area contributed by atoms with Crippen LogP contribution in [0.3, 0.4) is 0 Å². The van der Waals surface area contributed by atoms with Gasteiger partial charge in [-0.3, -0.25) is 9.89 Å². The lowest BCUT2D eigenvalue weighted by Gasteiger charge is -2.12. The number of hydrogen-bond acceptors (Lipinski definition) is 5. The Labute approximate surface area is 109 Å². The first-order valence-electron chi connectivity index (χ1n) is 5.53. The zero-order valence-electron chi connectivity index (χ0n) is 10.4. The molecule has 0 fully saturated rings. The number of anilines is 1. The van der Waals surface area contributed by atoms with E-state index in [4.69, 9.17) is 5.73 Å². The maximum absolute atomic E-state index is 11.9. The van der Waals surface area contributed by atoms with E-state index >= 15 is 0 Å². The Morgan fingerprint density at radius 3 is 2.78 bits per heavy atom. The van der Waals surface area contributed by atoms with Crippen LogP contribution < -0.4 is 11.1 Å². The molecule has 0 aliphatic carbocycles. The fourth-order valence-corrected chi connectivity index (χ4v) is 2.82. The Kier molecular flexibility index (Phi) is 3.33. The number of hydrogen-bond donors (Lipinski definition) is 3. The van der Waals surface area contributed by atoms with Crippen LogP contribution in [0.2, 0.25) is 0 Å². The van der Waals surface area contributed by atoms with E-state index in [1.807, 2.05) is 20.8 Å². The van der Waals surface area contributed by atoms with Crippen molar-refractivity contribution in [3.63, 3.8) is 0 Å². The van der Waals surface area contributed by atoms with Crippen molar-refractivity contribution in [1.29, 1.82) is 0 Å². The Hall–Kier alpha value is -1.89. The predicted octanol–water partition coefficient (Wildman–Crippen LogP) is 1.56. The molecule has 0 radical (unpaired) electrons. The number of nitrogens with one attached hydrogen (secondary N) is 2. The molecule has 0 bridgehead atoms. The maximum Gasteiger partial charge on any atom is 0.289 e. The average Bonchev–Trinajstić information content (AvgIpc) is 2.84. The van der Waals surface area contributed by atoms with Gasteiger partial charge in [0.15, 0.2) is 0 Å². The molecule has 2 aromatic rings. The molecule has 0 saturated heterocycles. The molecule has 96 valence electrons. The van der Waals surface area contributed by atoms with Gasteiger partial charge in [0.1, 0.15) is 0 Å². The van der Waals surface area contributed by atoms with Gasteiger partial charge in [-0.1, -0.05) is 0 Å². The maximum atomic E-state index is 11.9. The molecule has 1 atom stereocenters. The highest BCUT2D eigenvalue weighted by Crippen LogP contribution is 2.26. The number of nitrogen functional groups attached to an aromatic ring is 1. The minimum atomic E-state index is -0.310. The largest absolute Gasteiger partial charge is 0.366 e. The number of carbonyl (C=O) groups excluding carboxylic acids is 1. The van der Waals surface area contributed by atoms with E-state index < -0.39 is 0 Å². The molecule has 0 spiro atoms. The summed E-state index contributed by atoms with van der Waals surface area (Å²) >= 11 is 1.72. The fourth-order valence-electron chi connectivity index (χ4n) is 1.80. The Balaban J connectivity index is 2.10. The summed E-state index contributed by atoms with van der Waals surface area (Å²) in [6.07, 6.45) is 0. The van der Waals surface area contributed by atoms with Gasteiger partial charge in [0.05, 0.1) is 6.04 Å². The lowest BCUT2D eigenvalue weighted by atomic mass is 10.1. The van der Waals surface area contributed by atoms with Gasteiger partial charge in [-0.05, 0) is 32.4 Å². The predicted molar refractivity (Wildman–Crippen MR) is 70.5 cm³/mol. The zero-order valence-corrected chi connectivity index (χ0v) is 11.3. The number of carbonyl (C=O) groups is 1. The van der Waals surface area contributed by atoms with Gasteiger partial charge in [0.2, 0.25) is 11.8 Å². The quantitative estimate of drug-likeness (QED) is 0.784. The number of thiophene rings is 1. The van der Waals surface area contributed by atoms with Crippen LogP contribution in [0.4, 0.5) is 5.95 Å². The van der Waals surface area contributed by atoms with Gasteiger partial charge >= 0.3 is 0 Å². The third-order valence-corrected chi connectivity index (χ3v) is 3.59. The van der Waals surface area contributed by atoms with Gasteiger partial charge in [-0.25, -0.2) is 0 Å². The molecule has 0 aromatic carbocycles. The van der Waals surface area contributed by atoms with Crippen LogP contribution in [0.5, 0.6) is 0 Å². The Morgan fingerprint density at radius 2 is 2.28 bits per heavy atom. The SMILES string of the molecule is Cc1cc(C(C)NC(=O)c2nc(N)n[nH]2)c(C)s1. The minimum absolute atomic E-state index is 0.0651. The van der Waals surface area contributed by atoms with E-state index in [1.165, 1.54) is 9.75 Å². The molecule has 4 N–H and O–H groups in total. The van der Waals surface area contributed by atoms with E-state index in [1.54, 1.807) is 11.3 Å². The van der Waals surface area contributed by atoms with Crippen molar-refractivity contribution in [1.82, 2.24) is 20.5 Å². The van der Waals surface area contributed by atoms with Crippen molar-refractivity contribution < 1.29 is 4.79 Å². The number of nitrogens with two attached hydrogens (primary N) is 1. The lowest BCUT2D eigenvalue weighted by Crippen LogP contribution is -2.27. The number of H-pyrrole nitrogens is 1. The van der Waals surface area contributed by atoms with Crippen molar-refractivity contribution in [3.8, 4) is 0 Å². The van der Waals surface area contributed by atoms with Gasteiger partial charge in [-0.15, -0.1) is 16.4 Å². The highest BCUT2D eigenvalue weighted by molar-refractivity contribution is 7.12. The van der Waals surface area contributed by atoms with Crippen molar-refractivity contribution >= 4 is 23.2 Å². The summed E-state index contributed by atoms with van der Waals surface area (Å²) in [6.45, 7) is 6.03. The molecule has 1 amide bonds. The molecule has 0 saturated carbocycles. The number of aromatic nitrogens is 3. The smallest absolute Gasteiger partial charge is 0.289 e. The van der Waals surface area contributed by atoms with E-state index in [9.17, 15) is 4.79 Å². The van der Waals surface area contributed by atoms with Gasteiger partial charge in [0.25, 0.3) is 5.91 Å². The number of rotatable bonds is 3. The van der Waals surface area contributed by atoms with Crippen LogP contribution >= 0.6 is 11.3 Å². The zero-order chi connectivity index (χ0) is 13.3. The van der Waals surface area contributed by atoms with Crippen molar-refractivity contribution in [2.75, 3.05) is 5.73 Å². The van der Waals surface area contributed by atoms with Crippen molar-refractivity contribution in [2.24, 2.45) is 0 Å². The molecule has 7 heteroatoms. The molecule has 2 heterocycles. The van der Waals surface area contributed by atoms with Crippen LogP contribution in [0.25, 0.3) is 0 Å². The first-order valence-corrected chi connectivity index (χ1v) is 6.34. The number of nitrogens with zero attached hydrogens (tertiary/aromatic N) is 2. The number of aromatic amines is 1. The second kappa shape index (κ2) is 4.77. The molecule has 0 aliphatic heterocycles. The van der Waals surface area contributed by atoms with Gasteiger partial charge in [-0.2, -0.15) is 4.98 Å². The van der Waals surface area contributed by atoms with E-state index in [2.05, 4.69) is 26.6 Å². The molecule has 2 aromatic heterocycles. The minimum Gasteiger partial charge on any atom is -0.366 e. The van der Waals surface area contributed by atoms with E-state index in [0.717, 1.165) is 5.56 Å². The van der Waals surface area contributed by atoms with Gasteiger partial charge < -0.3 is 11.1 Å².